The Hall–Kier alpha value is -2.10. The Balaban J connectivity index is 1.87. The molecule has 0 aliphatic carbocycles. The Morgan fingerprint density at radius 3 is 3.00 bits per heavy atom. The van der Waals surface area contributed by atoms with Crippen LogP contribution in [0, 0.1) is 5.82 Å². The summed E-state index contributed by atoms with van der Waals surface area (Å²) in [5.74, 6) is -0.336. The maximum atomic E-state index is 13.5. The summed E-state index contributed by atoms with van der Waals surface area (Å²) in [6.45, 7) is 0.848. The molecule has 0 saturated carbocycles. The highest BCUT2D eigenvalue weighted by Crippen LogP contribution is 2.28. The summed E-state index contributed by atoms with van der Waals surface area (Å²) in [6, 6.07) is 9.78. The van der Waals surface area contributed by atoms with Crippen molar-refractivity contribution >= 4 is 11.4 Å². The van der Waals surface area contributed by atoms with Gasteiger partial charge in [0.1, 0.15) is 0 Å². The van der Waals surface area contributed by atoms with Crippen LogP contribution in [-0.2, 0) is 6.42 Å². The predicted molar refractivity (Wildman–Crippen MR) is 65.3 cm³/mol. The zero-order valence-electron chi connectivity index (χ0n) is 9.23. The van der Waals surface area contributed by atoms with Crippen LogP contribution in [-0.4, -0.2) is 11.5 Å². The highest BCUT2D eigenvalue weighted by molar-refractivity contribution is 5.62. The lowest BCUT2D eigenvalue weighted by Gasteiger charge is -2.21. The first-order chi connectivity index (χ1) is 8.34. The number of hydrazine groups is 1. The highest BCUT2D eigenvalue weighted by atomic mass is 19.1. The number of rotatable bonds is 2. The number of pyridine rings is 1. The highest BCUT2D eigenvalue weighted by Gasteiger charge is 2.18. The van der Waals surface area contributed by atoms with Crippen LogP contribution in [0.25, 0.3) is 0 Å². The van der Waals surface area contributed by atoms with Gasteiger partial charge in [-0.3, -0.25) is 15.4 Å². The number of benzene rings is 1. The third-order valence-electron chi connectivity index (χ3n) is 2.92. The molecule has 0 spiro atoms. The maximum absolute atomic E-state index is 13.5. The Bertz CT molecular complexity index is 542. The van der Waals surface area contributed by atoms with E-state index in [4.69, 9.17) is 0 Å². The van der Waals surface area contributed by atoms with Crippen molar-refractivity contribution < 1.29 is 4.39 Å². The van der Waals surface area contributed by atoms with Gasteiger partial charge < -0.3 is 0 Å². The summed E-state index contributed by atoms with van der Waals surface area (Å²) in [5.41, 5.74) is 5.94. The molecule has 2 heterocycles. The van der Waals surface area contributed by atoms with Gasteiger partial charge in [0.2, 0.25) is 0 Å². The molecule has 1 aromatic heterocycles. The minimum atomic E-state index is -0.336. The van der Waals surface area contributed by atoms with Gasteiger partial charge in [0.15, 0.2) is 5.82 Å². The van der Waals surface area contributed by atoms with Crippen molar-refractivity contribution in [1.29, 1.82) is 0 Å². The molecule has 17 heavy (non-hydrogen) atoms. The number of aromatic nitrogens is 1. The first-order valence-electron chi connectivity index (χ1n) is 5.56. The van der Waals surface area contributed by atoms with Crippen LogP contribution < -0.4 is 10.4 Å². The predicted octanol–water partition coefficient (Wildman–Crippen LogP) is 2.61. The van der Waals surface area contributed by atoms with E-state index >= 15 is 0 Å². The first kappa shape index (κ1) is 10.1. The van der Waals surface area contributed by atoms with Gasteiger partial charge >= 0.3 is 0 Å². The largest absolute Gasteiger partial charge is 0.295 e. The summed E-state index contributed by atoms with van der Waals surface area (Å²) in [4.78, 5) is 3.73. The van der Waals surface area contributed by atoms with E-state index in [1.165, 1.54) is 11.8 Å². The molecular formula is C13H12FN3. The summed E-state index contributed by atoms with van der Waals surface area (Å²) >= 11 is 0. The second-order valence-corrected chi connectivity index (χ2v) is 4.00. The van der Waals surface area contributed by atoms with Crippen molar-refractivity contribution in [2.24, 2.45) is 0 Å². The molecule has 0 radical (unpaired) electrons. The van der Waals surface area contributed by atoms with E-state index < -0.39 is 0 Å². The Morgan fingerprint density at radius 1 is 1.24 bits per heavy atom. The molecule has 1 aliphatic heterocycles. The van der Waals surface area contributed by atoms with E-state index in [0.717, 1.165) is 18.7 Å². The number of hydrogen-bond donors (Lipinski definition) is 1. The third-order valence-corrected chi connectivity index (χ3v) is 2.92. The number of nitrogens with one attached hydrogen (secondary N) is 1. The Kier molecular flexibility index (Phi) is 2.40. The van der Waals surface area contributed by atoms with Crippen LogP contribution in [0.5, 0.6) is 0 Å². The topological polar surface area (TPSA) is 28.2 Å². The van der Waals surface area contributed by atoms with E-state index in [1.54, 1.807) is 12.3 Å². The van der Waals surface area contributed by atoms with Gasteiger partial charge in [-0.15, -0.1) is 0 Å². The molecule has 0 amide bonds. The molecule has 1 N–H and O–H groups in total. The molecule has 3 rings (SSSR count). The number of hydrogen-bond acceptors (Lipinski definition) is 3. The fraction of sp³-hybridized carbons (Fsp3) is 0.154. The summed E-state index contributed by atoms with van der Waals surface area (Å²) in [7, 11) is 0. The van der Waals surface area contributed by atoms with E-state index in [-0.39, 0.29) is 5.82 Å². The molecule has 0 fully saturated rings. The molecule has 0 bridgehead atoms. The molecule has 2 aromatic rings. The zero-order valence-corrected chi connectivity index (χ0v) is 9.23. The molecule has 4 heteroatoms. The Labute approximate surface area is 98.9 Å². The molecule has 3 nitrogen and oxygen atoms in total. The minimum absolute atomic E-state index is 0.336. The van der Waals surface area contributed by atoms with Crippen molar-refractivity contribution in [3.8, 4) is 0 Å². The SMILES string of the molecule is Fc1cnccc1NN1CCc2ccccc21. The summed E-state index contributed by atoms with van der Waals surface area (Å²) in [6.07, 6.45) is 3.77. The lowest BCUT2D eigenvalue weighted by atomic mass is 10.2. The van der Waals surface area contributed by atoms with E-state index in [1.807, 2.05) is 23.2 Å². The van der Waals surface area contributed by atoms with Gasteiger partial charge in [-0.2, -0.15) is 0 Å². The van der Waals surface area contributed by atoms with Gasteiger partial charge in [-0.05, 0) is 24.1 Å². The fourth-order valence-electron chi connectivity index (χ4n) is 2.07. The van der Waals surface area contributed by atoms with Crippen LogP contribution in [0.15, 0.2) is 42.7 Å². The molecule has 0 saturated heterocycles. The smallest absolute Gasteiger partial charge is 0.166 e. The van der Waals surface area contributed by atoms with Gasteiger partial charge in [-0.1, -0.05) is 18.2 Å². The fourth-order valence-corrected chi connectivity index (χ4v) is 2.07. The van der Waals surface area contributed by atoms with Gasteiger partial charge in [-0.25, -0.2) is 4.39 Å². The van der Waals surface area contributed by atoms with Gasteiger partial charge in [0.05, 0.1) is 17.6 Å². The van der Waals surface area contributed by atoms with E-state index in [9.17, 15) is 4.39 Å². The number of nitrogens with zero attached hydrogens (tertiary/aromatic N) is 2. The normalized spacial score (nSPS) is 13.6. The van der Waals surface area contributed by atoms with Crippen molar-refractivity contribution in [3.63, 3.8) is 0 Å². The van der Waals surface area contributed by atoms with Crippen LogP contribution >= 0.6 is 0 Å². The molecule has 0 atom stereocenters. The van der Waals surface area contributed by atoms with Crippen LogP contribution in [0.3, 0.4) is 0 Å². The monoisotopic (exact) mass is 229 g/mol. The average molecular weight is 229 g/mol. The molecule has 1 aromatic carbocycles. The maximum Gasteiger partial charge on any atom is 0.166 e. The lowest BCUT2D eigenvalue weighted by molar-refractivity contribution is 0.623. The van der Waals surface area contributed by atoms with E-state index in [0.29, 0.717) is 5.69 Å². The molecule has 0 unspecified atom stereocenters. The summed E-state index contributed by atoms with van der Waals surface area (Å²) in [5, 5.41) is 1.97. The zero-order chi connectivity index (χ0) is 11.7. The average Bonchev–Trinajstić information content (AvgIpc) is 2.76. The number of anilines is 2. The summed E-state index contributed by atoms with van der Waals surface area (Å²) < 4.78 is 13.5. The number of fused-ring (bicyclic) bond motifs is 1. The number of para-hydroxylation sites is 1. The molecule has 86 valence electrons. The Morgan fingerprint density at radius 2 is 2.12 bits per heavy atom. The van der Waals surface area contributed by atoms with Crippen molar-refractivity contribution in [2.45, 2.75) is 6.42 Å². The van der Waals surface area contributed by atoms with Crippen LogP contribution in [0.4, 0.5) is 15.8 Å². The van der Waals surface area contributed by atoms with Crippen molar-refractivity contribution in [1.82, 2.24) is 4.98 Å². The van der Waals surface area contributed by atoms with Crippen LogP contribution in [0.1, 0.15) is 5.56 Å². The van der Waals surface area contributed by atoms with Crippen LogP contribution in [0.2, 0.25) is 0 Å². The third kappa shape index (κ3) is 1.82. The van der Waals surface area contributed by atoms with Crippen molar-refractivity contribution in [3.05, 3.63) is 54.1 Å². The van der Waals surface area contributed by atoms with Gasteiger partial charge in [0, 0.05) is 12.7 Å². The van der Waals surface area contributed by atoms with Crippen molar-refractivity contribution in [2.75, 3.05) is 17.0 Å². The molecular weight excluding hydrogens is 217 g/mol. The minimum Gasteiger partial charge on any atom is -0.295 e. The molecule has 1 aliphatic rings. The lowest BCUT2D eigenvalue weighted by Crippen LogP contribution is -2.28. The second kappa shape index (κ2) is 4.05. The number of halogens is 1. The quantitative estimate of drug-likeness (QED) is 0.858. The van der Waals surface area contributed by atoms with Gasteiger partial charge in [0.25, 0.3) is 0 Å². The first-order valence-corrected chi connectivity index (χ1v) is 5.56. The van der Waals surface area contributed by atoms with E-state index in [2.05, 4.69) is 16.5 Å². The second-order valence-electron chi connectivity index (χ2n) is 4.00. The standard InChI is InChI=1S/C13H12FN3/c14-11-9-15-7-5-12(11)16-17-8-6-10-3-1-2-4-13(10)17/h1-5,7,9H,6,8H2,(H,15,16).